The molecular formula is C22H31P. The van der Waals surface area contributed by atoms with Gasteiger partial charge in [0.15, 0.2) is 0 Å². The number of hydrogen-bond acceptors (Lipinski definition) is 0. The van der Waals surface area contributed by atoms with Crippen LogP contribution >= 0.6 is 7.92 Å². The smallest absolute Gasteiger partial charge is 0.0166 e. The van der Waals surface area contributed by atoms with Crippen LogP contribution in [0.15, 0.2) is 36.4 Å². The van der Waals surface area contributed by atoms with Crippen LogP contribution in [0.1, 0.15) is 54.9 Å². The Balaban J connectivity index is 2.34. The van der Waals surface area contributed by atoms with Gasteiger partial charge in [-0.15, -0.1) is 0 Å². The van der Waals surface area contributed by atoms with Gasteiger partial charge in [-0.3, -0.25) is 0 Å². The fraction of sp³-hybridized carbons (Fsp3) is 0.455. The number of rotatable bonds is 7. The second-order valence-electron chi connectivity index (χ2n) is 6.79. The molecule has 0 nitrogen and oxygen atoms in total. The summed E-state index contributed by atoms with van der Waals surface area (Å²) in [5.41, 5.74) is 5.67. The maximum atomic E-state index is 2.38. The van der Waals surface area contributed by atoms with E-state index in [1.165, 1.54) is 54.1 Å². The predicted molar refractivity (Wildman–Crippen MR) is 107 cm³/mol. The first-order valence-electron chi connectivity index (χ1n) is 8.95. The summed E-state index contributed by atoms with van der Waals surface area (Å²) >= 11 is 0. The van der Waals surface area contributed by atoms with Crippen molar-refractivity contribution in [2.45, 2.75) is 60.3 Å². The van der Waals surface area contributed by atoms with Gasteiger partial charge in [-0.25, -0.2) is 0 Å². The van der Waals surface area contributed by atoms with Crippen LogP contribution in [0.2, 0.25) is 0 Å². The zero-order valence-electron chi connectivity index (χ0n) is 15.4. The highest BCUT2D eigenvalue weighted by molar-refractivity contribution is 7.73. The molecule has 0 fully saturated rings. The molecule has 2 aromatic carbocycles. The molecule has 2 rings (SSSR count). The lowest BCUT2D eigenvalue weighted by Gasteiger charge is -2.23. The molecule has 23 heavy (non-hydrogen) atoms. The first kappa shape index (κ1) is 18.2. The molecule has 0 bridgehead atoms. The Labute approximate surface area is 144 Å². The lowest BCUT2D eigenvalue weighted by Crippen LogP contribution is -2.19. The van der Waals surface area contributed by atoms with E-state index in [4.69, 9.17) is 0 Å². The second-order valence-corrected chi connectivity index (χ2v) is 9.06. The highest BCUT2D eigenvalue weighted by Crippen LogP contribution is 2.37. The van der Waals surface area contributed by atoms with Crippen LogP contribution < -0.4 is 10.6 Å². The van der Waals surface area contributed by atoms with E-state index in [9.17, 15) is 0 Å². The molecule has 0 unspecified atom stereocenters. The highest BCUT2D eigenvalue weighted by atomic mass is 31.1. The van der Waals surface area contributed by atoms with Gasteiger partial charge in [-0.1, -0.05) is 73.7 Å². The molecule has 0 N–H and O–H groups in total. The third-order valence-electron chi connectivity index (χ3n) is 4.52. The Morgan fingerprint density at radius 1 is 0.696 bits per heavy atom. The van der Waals surface area contributed by atoms with Crippen molar-refractivity contribution in [3.8, 4) is 0 Å². The van der Waals surface area contributed by atoms with E-state index >= 15 is 0 Å². The number of hydrogen-bond donors (Lipinski definition) is 0. The molecule has 0 atom stereocenters. The summed E-state index contributed by atoms with van der Waals surface area (Å²) in [5, 5.41) is 3.16. The zero-order valence-corrected chi connectivity index (χ0v) is 16.3. The van der Waals surface area contributed by atoms with Crippen molar-refractivity contribution in [1.82, 2.24) is 0 Å². The highest BCUT2D eigenvalue weighted by Gasteiger charge is 2.17. The van der Waals surface area contributed by atoms with Crippen molar-refractivity contribution in [2.75, 3.05) is 6.16 Å². The minimum absolute atomic E-state index is 0.234. The number of aryl methyl sites for hydroxylation is 4. The molecule has 0 saturated heterocycles. The molecule has 0 heterocycles. The Morgan fingerprint density at radius 2 is 1.22 bits per heavy atom. The van der Waals surface area contributed by atoms with E-state index in [0.717, 1.165) is 0 Å². The van der Waals surface area contributed by atoms with Gasteiger partial charge >= 0.3 is 0 Å². The van der Waals surface area contributed by atoms with Crippen LogP contribution in [-0.4, -0.2) is 6.16 Å². The summed E-state index contributed by atoms with van der Waals surface area (Å²) < 4.78 is 0. The Kier molecular flexibility index (Phi) is 6.85. The maximum Gasteiger partial charge on any atom is -0.0166 e. The first-order chi connectivity index (χ1) is 11.0. The van der Waals surface area contributed by atoms with Gasteiger partial charge in [0, 0.05) is 0 Å². The van der Waals surface area contributed by atoms with Crippen molar-refractivity contribution in [2.24, 2.45) is 0 Å². The molecule has 1 heteroatoms. The third kappa shape index (κ3) is 4.92. The van der Waals surface area contributed by atoms with Crippen LogP contribution in [-0.2, 0) is 0 Å². The average Bonchev–Trinajstić information content (AvgIpc) is 2.49. The van der Waals surface area contributed by atoms with Crippen molar-refractivity contribution in [1.29, 1.82) is 0 Å². The quantitative estimate of drug-likeness (QED) is 0.437. The lowest BCUT2D eigenvalue weighted by molar-refractivity contribution is 0.705. The van der Waals surface area contributed by atoms with Gasteiger partial charge in [0.25, 0.3) is 0 Å². The zero-order chi connectivity index (χ0) is 16.8. The summed E-state index contributed by atoms with van der Waals surface area (Å²) in [4.78, 5) is 0. The summed E-state index contributed by atoms with van der Waals surface area (Å²) in [5.74, 6) is 0. The molecule has 0 aromatic heterocycles. The normalized spacial score (nSPS) is 11.2. The van der Waals surface area contributed by atoms with Gasteiger partial charge in [-0.05, 0) is 69.9 Å². The van der Waals surface area contributed by atoms with Gasteiger partial charge < -0.3 is 0 Å². The minimum Gasteiger partial charge on any atom is -0.0654 e. The monoisotopic (exact) mass is 326 g/mol. The number of benzene rings is 2. The lowest BCUT2D eigenvalue weighted by atomic mass is 10.1. The van der Waals surface area contributed by atoms with Crippen molar-refractivity contribution in [3.05, 3.63) is 58.7 Å². The van der Waals surface area contributed by atoms with Crippen LogP contribution in [0.4, 0.5) is 0 Å². The second kappa shape index (κ2) is 8.65. The molecular weight excluding hydrogens is 295 g/mol. The van der Waals surface area contributed by atoms with E-state index in [2.05, 4.69) is 71.0 Å². The van der Waals surface area contributed by atoms with Gasteiger partial charge in [0.05, 0.1) is 0 Å². The molecule has 0 aliphatic rings. The minimum atomic E-state index is -0.234. The van der Waals surface area contributed by atoms with E-state index in [1.54, 1.807) is 10.6 Å². The molecule has 0 saturated carbocycles. The van der Waals surface area contributed by atoms with Crippen molar-refractivity contribution in [3.63, 3.8) is 0 Å². The maximum absolute atomic E-state index is 2.38. The molecule has 124 valence electrons. The summed E-state index contributed by atoms with van der Waals surface area (Å²) in [6.07, 6.45) is 6.71. The Morgan fingerprint density at radius 3 is 1.65 bits per heavy atom. The van der Waals surface area contributed by atoms with Crippen LogP contribution in [0.25, 0.3) is 0 Å². The average molecular weight is 326 g/mol. The first-order valence-corrected chi connectivity index (χ1v) is 10.5. The fourth-order valence-electron chi connectivity index (χ4n) is 3.28. The molecule has 0 amide bonds. The van der Waals surface area contributed by atoms with Crippen molar-refractivity contribution >= 4 is 18.5 Å². The summed E-state index contributed by atoms with van der Waals surface area (Å²) in [6.45, 7) is 11.2. The van der Waals surface area contributed by atoms with Gasteiger partial charge in [0.1, 0.15) is 0 Å². The van der Waals surface area contributed by atoms with Crippen LogP contribution in [0, 0.1) is 27.7 Å². The molecule has 0 aliphatic carbocycles. The fourth-order valence-corrected chi connectivity index (χ4v) is 6.05. The van der Waals surface area contributed by atoms with E-state index in [1.807, 2.05) is 0 Å². The standard InChI is InChI=1S/C22H31P/c1-6-7-8-9-14-23(21-12-10-17(2)15-19(21)4)22-13-11-18(3)16-20(22)5/h10-13,15-16H,6-9,14H2,1-5H3. The van der Waals surface area contributed by atoms with E-state index in [-0.39, 0.29) is 7.92 Å². The number of unbranched alkanes of at least 4 members (excludes halogenated alkanes) is 3. The van der Waals surface area contributed by atoms with Crippen molar-refractivity contribution < 1.29 is 0 Å². The van der Waals surface area contributed by atoms with Crippen LogP contribution in [0.3, 0.4) is 0 Å². The Bertz CT molecular complexity index is 591. The Hall–Kier alpha value is -1.13. The summed E-state index contributed by atoms with van der Waals surface area (Å²) in [7, 11) is -0.234. The summed E-state index contributed by atoms with van der Waals surface area (Å²) in [6, 6.07) is 14.0. The molecule has 0 spiro atoms. The predicted octanol–water partition coefficient (Wildman–Crippen LogP) is 5.93. The molecule has 0 aliphatic heterocycles. The van der Waals surface area contributed by atoms with Gasteiger partial charge in [0.2, 0.25) is 0 Å². The van der Waals surface area contributed by atoms with Gasteiger partial charge in [-0.2, -0.15) is 0 Å². The topological polar surface area (TPSA) is 0 Å². The van der Waals surface area contributed by atoms with Crippen LogP contribution in [0.5, 0.6) is 0 Å². The SMILES string of the molecule is CCCCCCP(c1ccc(C)cc1C)c1ccc(C)cc1C. The van der Waals surface area contributed by atoms with E-state index in [0.29, 0.717) is 0 Å². The largest absolute Gasteiger partial charge is 0.0654 e. The van der Waals surface area contributed by atoms with E-state index < -0.39 is 0 Å². The third-order valence-corrected chi connectivity index (χ3v) is 7.45. The molecule has 2 aromatic rings. The molecule has 0 radical (unpaired) electrons.